The van der Waals surface area contributed by atoms with E-state index in [-0.39, 0.29) is 5.78 Å². The van der Waals surface area contributed by atoms with E-state index in [0.717, 1.165) is 0 Å². The van der Waals surface area contributed by atoms with Crippen molar-refractivity contribution in [2.24, 2.45) is 0 Å². The molecule has 2 rings (SSSR count). The van der Waals surface area contributed by atoms with Crippen LogP contribution >= 0.6 is 0 Å². The van der Waals surface area contributed by atoms with E-state index in [2.05, 4.69) is 0 Å². The predicted octanol–water partition coefficient (Wildman–Crippen LogP) is 3.36. The Morgan fingerprint density at radius 2 is 1.86 bits per heavy atom. The highest BCUT2D eigenvalue weighted by molar-refractivity contribution is 5.99. The minimum absolute atomic E-state index is 0.272. The van der Waals surface area contributed by atoms with E-state index in [9.17, 15) is 9.18 Å². The van der Waals surface area contributed by atoms with E-state index >= 15 is 0 Å². The van der Waals surface area contributed by atoms with Crippen molar-refractivity contribution in [1.29, 1.82) is 5.26 Å². The summed E-state index contributed by atoms with van der Waals surface area (Å²) < 4.78 is 23.6. The van der Waals surface area contributed by atoms with Gasteiger partial charge >= 0.3 is 0 Å². The van der Waals surface area contributed by atoms with Crippen molar-refractivity contribution in [3.63, 3.8) is 0 Å². The van der Waals surface area contributed by atoms with Crippen LogP contribution in [0.2, 0.25) is 0 Å². The van der Waals surface area contributed by atoms with E-state index < -0.39 is 11.9 Å². The number of ketones is 1. The van der Waals surface area contributed by atoms with E-state index in [4.69, 9.17) is 14.7 Å². The summed E-state index contributed by atoms with van der Waals surface area (Å²) in [5.41, 5.74) is 0.795. The third-order valence-electron chi connectivity index (χ3n) is 3.09. The fourth-order valence-electron chi connectivity index (χ4n) is 1.93. The van der Waals surface area contributed by atoms with Crippen molar-refractivity contribution in [2.75, 3.05) is 7.11 Å². The molecule has 4 nitrogen and oxygen atoms in total. The van der Waals surface area contributed by atoms with Gasteiger partial charge in [-0.05, 0) is 43.3 Å². The van der Waals surface area contributed by atoms with Gasteiger partial charge in [-0.3, -0.25) is 4.79 Å². The molecule has 0 unspecified atom stereocenters. The molecule has 0 aromatic heterocycles. The van der Waals surface area contributed by atoms with Crippen molar-refractivity contribution in [1.82, 2.24) is 0 Å². The number of nitriles is 1. The summed E-state index contributed by atoms with van der Waals surface area (Å²) in [4.78, 5) is 12.2. The Morgan fingerprint density at radius 3 is 2.45 bits per heavy atom. The number of halogens is 1. The zero-order chi connectivity index (χ0) is 16.1. The Hall–Kier alpha value is -2.87. The molecule has 0 fully saturated rings. The van der Waals surface area contributed by atoms with Crippen LogP contribution < -0.4 is 9.47 Å². The molecule has 0 aliphatic carbocycles. The topological polar surface area (TPSA) is 59.3 Å². The minimum Gasteiger partial charge on any atom is -0.493 e. The summed E-state index contributed by atoms with van der Waals surface area (Å²) in [6.45, 7) is 1.60. The van der Waals surface area contributed by atoms with Gasteiger partial charge in [0.2, 0.25) is 5.78 Å². The first-order chi connectivity index (χ1) is 10.5. The highest BCUT2D eigenvalue weighted by atomic mass is 19.1. The molecule has 1 atom stereocenters. The van der Waals surface area contributed by atoms with Crippen LogP contribution in [0.25, 0.3) is 0 Å². The smallest absolute Gasteiger partial charge is 0.202 e. The van der Waals surface area contributed by atoms with Gasteiger partial charge in [0.15, 0.2) is 17.6 Å². The maximum atomic E-state index is 12.9. The fourth-order valence-corrected chi connectivity index (χ4v) is 1.93. The molecule has 0 amide bonds. The van der Waals surface area contributed by atoms with Crippen LogP contribution in [-0.2, 0) is 0 Å². The summed E-state index contributed by atoms with van der Waals surface area (Å²) in [7, 11) is 1.45. The van der Waals surface area contributed by atoms with Crippen molar-refractivity contribution in [2.45, 2.75) is 13.0 Å². The van der Waals surface area contributed by atoms with Gasteiger partial charge in [0, 0.05) is 11.6 Å². The Kier molecular flexibility index (Phi) is 4.74. The molecule has 5 heteroatoms. The molecule has 0 saturated heterocycles. The lowest BCUT2D eigenvalue weighted by Crippen LogP contribution is -2.24. The van der Waals surface area contributed by atoms with Crippen LogP contribution in [-0.4, -0.2) is 19.0 Å². The van der Waals surface area contributed by atoms with Crippen molar-refractivity contribution in [3.8, 4) is 17.6 Å². The van der Waals surface area contributed by atoms with Crippen molar-refractivity contribution >= 4 is 5.78 Å². The second kappa shape index (κ2) is 6.72. The number of carbonyl (C=O) groups excluding carboxylic acids is 1. The van der Waals surface area contributed by atoms with Gasteiger partial charge < -0.3 is 9.47 Å². The molecule has 0 aliphatic heterocycles. The molecule has 2 aromatic rings. The third kappa shape index (κ3) is 3.41. The Balaban J connectivity index is 2.18. The largest absolute Gasteiger partial charge is 0.493 e. The lowest BCUT2D eigenvalue weighted by atomic mass is 10.1. The van der Waals surface area contributed by atoms with E-state index in [1.165, 1.54) is 37.4 Å². The number of benzene rings is 2. The molecule has 112 valence electrons. The van der Waals surface area contributed by atoms with Crippen molar-refractivity contribution in [3.05, 3.63) is 59.4 Å². The summed E-state index contributed by atoms with van der Waals surface area (Å²) in [6, 6.07) is 12.0. The van der Waals surface area contributed by atoms with Crippen LogP contribution in [0.5, 0.6) is 11.5 Å². The molecule has 0 aliphatic rings. The molecule has 0 N–H and O–H groups in total. The lowest BCUT2D eigenvalue weighted by Gasteiger charge is -2.16. The first-order valence-electron chi connectivity index (χ1n) is 6.59. The molecule has 0 heterocycles. The molecular formula is C17H14FNO3. The van der Waals surface area contributed by atoms with E-state index in [1.54, 1.807) is 19.1 Å². The molecule has 2 aromatic carbocycles. The summed E-state index contributed by atoms with van der Waals surface area (Å²) in [5, 5.41) is 8.86. The van der Waals surface area contributed by atoms with Crippen LogP contribution in [0, 0.1) is 17.1 Å². The maximum absolute atomic E-state index is 12.9. The van der Waals surface area contributed by atoms with Gasteiger partial charge in [-0.2, -0.15) is 5.26 Å². The van der Waals surface area contributed by atoms with Crippen LogP contribution in [0.15, 0.2) is 42.5 Å². The van der Waals surface area contributed by atoms with Gasteiger partial charge in [-0.15, -0.1) is 0 Å². The number of rotatable bonds is 5. The van der Waals surface area contributed by atoms with E-state index in [1.807, 2.05) is 6.07 Å². The fraction of sp³-hybridized carbons (Fsp3) is 0.176. The second-order valence-corrected chi connectivity index (χ2v) is 4.61. The SMILES string of the molecule is COc1cc(C#N)ccc1O[C@H](C)C(=O)c1ccc(F)cc1. The zero-order valence-corrected chi connectivity index (χ0v) is 12.2. The predicted molar refractivity (Wildman–Crippen MR) is 78.5 cm³/mol. The first kappa shape index (κ1) is 15.5. The number of nitrogens with zero attached hydrogens (tertiary/aromatic N) is 1. The van der Waals surface area contributed by atoms with Gasteiger partial charge in [0.05, 0.1) is 18.7 Å². The number of ether oxygens (including phenoxy) is 2. The number of carbonyl (C=O) groups is 1. The molecular weight excluding hydrogens is 285 g/mol. The van der Waals surface area contributed by atoms with Gasteiger partial charge in [-0.1, -0.05) is 0 Å². The quantitative estimate of drug-likeness (QED) is 0.794. The third-order valence-corrected chi connectivity index (χ3v) is 3.09. The maximum Gasteiger partial charge on any atom is 0.202 e. The van der Waals surface area contributed by atoms with Gasteiger partial charge in [0.1, 0.15) is 5.82 Å². The molecule has 0 saturated carbocycles. The standard InChI is InChI=1S/C17H14FNO3/c1-11(17(20)13-4-6-14(18)7-5-13)22-15-8-3-12(10-19)9-16(15)21-2/h3-9,11H,1-2H3/t11-/m1/s1. The second-order valence-electron chi connectivity index (χ2n) is 4.61. The summed E-state index contributed by atoms with van der Waals surface area (Å²) >= 11 is 0. The average Bonchev–Trinajstić information content (AvgIpc) is 2.55. The van der Waals surface area contributed by atoms with E-state index in [0.29, 0.717) is 22.6 Å². The van der Waals surface area contributed by atoms with Crippen molar-refractivity contribution < 1.29 is 18.7 Å². The summed E-state index contributed by atoms with van der Waals surface area (Å²) in [5.74, 6) is 0.0626. The Bertz CT molecular complexity index is 720. The highest BCUT2D eigenvalue weighted by Crippen LogP contribution is 2.29. The van der Waals surface area contributed by atoms with Crippen LogP contribution in [0.3, 0.4) is 0 Å². The zero-order valence-electron chi connectivity index (χ0n) is 12.2. The monoisotopic (exact) mass is 299 g/mol. The number of hydrogen-bond donors (Lipinski definition) is 0. The molecule has 0 radical (unpaired) electrons. The Labute approximate surface area is 127 Å². The number of methoxy groups -OCH3 is 1. The average molecular weight is 299 g/mol. The number of hydrogen-bond acceptors (Lipinski definition) is 4. The molecule has 0 spiro atoms. The van der Waals surface area contributed by atoms with Gasteiger partial charge in [0.25, 0.3) is 0 Å². The summed E-state index contributed by atoms with van der Waals surface area (Å²) in [6.07, 6.45) is -0.771. The lowest BCUT2D eigenvalue weighted by molar-refractivity contribution is 0.0814. The minimum atomic E-state index is -0.771. The molecule has 22 heavy (non-hydrogen) atoms. The molecule has 0 bridgehead atoms. The van der Waals surface area contributed by atoms with Gasteiger partial charge in [-0.25, -0.2) is 4.39 Å². The van der Waals surface area contributed by atoms with Crippen LogP contribution in [0.4, 0.5) is 4.39 Å². The number of Topliss-reactive ketones (excluding diaryl/α,β-unsaturated/α-hetero) is 1. The highest BCUT2D eigenvalue weighted by Gasteiger charge is 2.19. The normalized spacial score (nSPS) is 11.4. The Morgan fingerprint density at radius 1 is 1.18 bits per heavy atom. The first-order valence-corrected chi connectivity index (χ1v) is 6.59. The van der Waals surface area contributed by atoms with Crippen LogP contribution in [0.1, 0.15) is 22.8 Å².